The number of nitrogens with two attached hydrogens (primary N) is 1. The predicted molar refractivity (Wildman–Crippen MR) is 84.3 cm³/mol. The highest BCUT2D eigenvalue weighted by Crippen LogP contribution is 2.24. The zero-order valence-corrected chi connectivity index (χ0v) is 13.3. The number of hydrogen-bond donors (Lipinski definition) is 2. The van der Waals surface area contributed by atoms with Gasteiger partial charge >= 0.3 is 0 Å². The molecule has 2 heterocycles. The molecule has 1 aromatic carbocycles. The molecule has 3 rings (SSSR count). The molecule has 1 aliphatic heterocycles. The van der Waals surface area contributed by atoms with Gasteiger partial charge in [-0.3, -0.25) is 14.9 Å². The maximum Gasteiger partial charge on any atom is 0.251 e. The molecule has 3 N–H and O–H groups in total. The van der Waals surface area contributed by atoms with Crippen molar-refractivity contribution in [1.82, 2.24) is 5.32 Å². The molecule has 2 aromatic rings. The average Bonchev–Trinajstić information content (AvgIpc) is 3.13. The van der Waals surface area contributed by atoms with Gasteiger partial charge in [0.15, 0.2) is 0 Å². The van der Waals surface area contributed by atoms with Crippen molar-refractivity contribution in [2.24, 2.45) is 5.14 Å². The van der Waals surface area contributed by atoms with Crippen LogP contribution in [0.4, 0.5) is 5.69 Å². The number of carbonyl (C=O) groups excluding carboxylic acids is 2. The second kappa shape index (κ2) is 6.19. The van der Waals surface area contributed by atoms with Gasteiger partial charge in [-0.2, -0.15) is 0 Å². The lowest BCUT2D eigenvalue weighted by Gasteiger charge is -2.15. The molecule has 1 fully saturated rings. The first kappa shape index (κ1) is 16.4. The first-order valence-corrected chi connectivity index (χ1v) is 8.66. The van der Waals surface area contributed by atoms with Crippen LogP contribution in [0.1, 0.15) is 12.2 Å². The van der Waals surface area contributed by atoms with Gasteiger partial charge in [0.1, 0.15) is 5.76 Å². The van der Waals surface area contributed by atoms with Gasteiger partial charge in [-0.1, -0.05) is 0 Å². The van der Waals surface area contributed by atoms with E-state index >= 15 is 0 Å². The molecule has 24 heavy (non-hydrogen) atoms. The van der Waals surface area contributed by atoms with Crippen molar-refractivity contribution in [2.75, 3.05) is 4.90 Å². The molecule has 126 valence electrons. The summed E-state index contributed by atoms with van der Waals surface area (Å²) in [7, 11) is -3.83. The average molecular weight is 349 g/mol. The Morgan fingerprint density at radius 2 is 1.92 bits per heavy atom. The maximum absolute atomic E-state index is 12.4. The quantitative estimate of drug-likeness (QED) is 0.751. The molecule has 1 aliphatic rings. The molecule has 0 unspecified atom stereocenters. The Balaban J connectivity index is 1.74. The highest BCUT2D eigenvalue weighted by Gasteiger charge is 2.39. The van der Waals surface area contributed by atoms with Gasteiger partial charge in [0, 0.05) is 0 Å². The van der Waals surface area contributed by atoms with Gasteiger partial charge < -0.3 is 4.42 Å². The molecule has 0 bridgehead atoms. The van der Waals surface area contributed by atoms with Crippen LogP contribution in [0.3, 0.4) is 0 Å². The van der Waals surface area contributed by atoms with Crippen molar-refractivity contribution in [3.05, 3.63) is 48.4 Å². The third-order valence-electron chi connectivity index (χ3n) is 3.67. The number of furan rings is 1. The lowest BCUT2D eigenvalue weighted by atomic mass is 10.2. The van der Waals surface area contributed by atoms with E-state index in [9.17, 15) is 18.0 Å². The summed E-state index contributed by atoms with van der Waals surface area (Å²) in [5.41, 5.74) is 0.305. The second-order valence-electron chi connectivity index (χ2n) is 5.32. The summed E-state index contributed by atoms with van der Waals surface area (Å²) in [6, 6.07) is 8.12. The van der Waals surface area contributed by atoms with Gasteiger partial charge in [-0.05, 0) is 36.4 Å². The van der Waals surface area contributed by atoms with Crippen LogP contribution in [-0.2, 0) is 26.2 Å². The fourth-order valence-corrected chi connectivity index (χ4v) is 3.00. The van der Waals surface area contributed by atoms with Gasteiger partial charge in [0.2, 0.25) is 15.9 Å². The number of rotatable bonds is 5. The molecule has 0 aliphatic carbocycles. The van der Waals surface area contributed by atoms with Crippen molar-refractivity contribution in [3.63, 3.8) is 0 Å². The number of benzene rings is 1. The lowest BCUT2D eigenvalue weighted by molar-refractivity contribution is -0.121. The number of imide groups is 1. The summed E-state index contributed by atoms with van der Waals surface area (Å²) >= 11 is 0. The number of sulfonamides is 1. The maximum atomic E-state index is 12.4. The Bertz CT molecular complexity index is 859. The predicted octanol–water partition coefficient (Wildman–Crippen LogP) is 0.349. The third-order valence-corrected chi connectivity index (χ3v) is 4.60. The van der Waals surface area contributed by atoms with E-state index in [1.165, 1.54) is 30.5 Å². The summed E-state index contributed by atoms with van der Waals surface area (Å²) in [6.07, 6.45) is 1.55. The van der Waals surface area contributed by atoms with Crippen molar-refractivity contribution < 1.29 is 22.4 Å². The van der Waals surface area contributed by atoms with Gasteiger partial charge in [0.05, 0.1) is 35.9 Å². The first-order valence-electron chi connectivity index (χ1n) is 7.12. The molecule has 0 spiro atoms. The van der Waals surface area contributed by atoms with Gasteiger partial charge in [-0.25, -0.2) is 18.5 Å². The number of nitrogens with one attached hydrogen (secondary N) is 1. The molecule has 0 saturated carbocycles. The number of nitrogens with zero attached hydrogens (tertiary/aromatic N) is 1. The molecule has 2 amide bonds. The van der Waals surface area contributed by atoms with Crippen molar-refractivity contribution in [1.29, 1.82) is 0 Å². The lowest BCUT2D eigenvalue weighted by Crippen LogP contribution is -2.38. The smallest absolute Gasteiger partial charge is 0.251 e. The Morgan fingerprint density at radius 3 is 2.50 bits per heavy atom. The van der Waals surface area contributed by atoms with Crippen LogP contribution in [0.5, 0.6) is 0 Å². The number of primary sulfonamides is 1. The van der Waals surface area contributed by atoms with Crippen LogP contribution in [0.2, 0.25) is 0 Å². The highest BCUT2D eigenvalue weighted by molar-refractivity contribution is 7.89. The molecular weight excluding hydrogens is 334 g/mol. The van der Waals surface area contributed by atoms with Crippen molar-refractivity contribution >= 4 is 27.5 Å². The summed E-state index contributed by atoms with van der Waals surface area (Å²) in [4.78, 5) is 25.5. The van der Waals surface area contributed by atoms with E-state index in [2.05, 4.69) is 5.32 Å². The van der Waals surface area contributed by atoms with E-state index in [1.807, 2.05) is 0 Å². The fourth-order valence-electron chi connectivity index (χ4n) is 2.48. The molecule has 0 radical (unpaired) electrons. The van der Waals surface area contributed by atoms with Crippen LogP contribution >= 0.6 is 0 Å². The SMILES string of the molecule is NS(=O)(=O)c1ccc(N2C(=O)C[C@H](NCc3ccco3)C2=O)cc1. The van der Waals surface area contributed by atoms with Crippen LogP contribution < -0.4 is 15.4 Å². The Morgan fingerprint density at radius 1 is 1.21 bits per heavy atom. The zero-order valence-electron chi connectivity index (χ0n) is 12.5. The monoisotopic (exact) mass is 349 g/mol. The Labute approximate surface area is 138 Å². The van der Waals surface area contributed by atoms with E-state index in [1.54, 1.807) is 12.1 Å². The number of hydrogen-bond acceptors (Lipinski definition) is 6. The minimum atomic E-state index is -3.83. The fraction of sp³-hybridized carbons (Fsp3) is 0.200. The summed E-state index contributed by atoms with van der Waals surface area (Å²) < 4.78 is 27.7. The van der Waals surface area contributed by atoms with Crippen LogP contribution in [0.15, 0.2) is 52.0 Å². The standard InChI is InChI=1S/C15H15N3O5S/c16-24(21,22)12-5-3-10(4-6-12)18-14(19)8-13(15(18)20)17-9-11-2-1-7-23-11/h1-7,13,17H,8-9H2,(H2,16,21,22)/t13-/m0/s1. The summed E-state index contributed by atoms with van der Waals surface area (Å²) in [5, 5.41) is 8.01. The molecule has 1 aromatic heterocycles. The van der Waals surface area contributed by atoms with E-state index in [-0.39, 0.29) is 17.2 Å². The number of anilines is 1. The Hall–Kier alpha value is -2.49. The first-order chi connectivity index (χ1) is 11.4. The number of carbonyl (C=O) groups is 2. The normalized spacial score (nSPS) is 18.4. The van der Waals surface area contributed by atoms with Crippen LogP contribution in [0, 0.1) is 0 Å². The van der Waals surface area contributed by atoms with Crippen LogP contribution in [0.25, 0.3) is 0 Å². The van der Waals surface area contributed by atoms with Crippen molar-refractivity contribution in [2.45, 2.75) is 23.9 Å². The molecule has 8 nitrogen and oxygen atoms in total. The zero-order chi connectivity index (χ0) is 17.3. The Kier molecular flexibility index (Phi) is 4.22. The second-order valence-corrected chi connectivity index (χ2v) is 6.88. The minimum absolute atomic E-state index is 0.0243. The summed E-state index contributed by atoms with van der Waals surface area (Å²) in [6.45, 7) is 0.328. The van der Waals surface area contributed by atoms with Crippen molar-refractivity contribution in [3.8, 4) is 0 Å². The summed E-state index contributed by atoms with van der Waals surface area (Å²) in [5.74, 6) is -0.0959. The van der Waals surface area contributed by atoms with E-state index in [4.69, 9.17) is 9.56 Å². The molecule has 1 saturated heterocycles. The third kappa shape index (κ3) is 3.23. The van der Waals surface area contributed by atoms with Gasteiger partial charge in [-0.15, -0.1) is 0 Å². The van der Waals surface area contributed by atoms with E-state index < -0.39 is 22.0 Å². The van der Waals surface area contributed by atoms with E-state index in [0.29, 0.717) is 18.0 Å². The molecule has 9 heteroatoms. The van der Waals surface area contributed by atoms with Gasteiger partial charge in [0.25, 0.3) is 5.91 Å². The van der Waals surface area contributed by atoms with Crippen LogP contribution in [-0.4, -0.2) is 26.3 Å². The minimum Gasteiger partial charge on any atom is -0.468 e. The topological polar surface area (TPSA) is 123 Å². The number of amides is 2. The largest absolute Gasteiger partial charge is 0.468 e. The molecular formula is C15H15N3O5S. The highest BCUT2D eigenvalue weighted by atomic mass is 32.2. The molecule has 1 atom stereocenters. The van der Waals surface area contributed by atoms with E-state index in [0.717, 1.165) is 4.90 Å².